The predicted octanol–water partition coefficient (Wildman–Crippen LogP) is 28.7. The lowest BCUT2D eigenvalue weighted by Crippen LogP contribution is -2.37. The fourth-order valence-electron chi connectivity index (χ4n) is 11.3. The minimum absolute atomic E-state index is 0.0187. The molecule has 0 radical (unpaired) electrons. The van der Waals surface area contributed by atoms with Gasteiger partial charge in [-0.05, 0) is 141 Å². The molecule has 9 nitrogen and oxygen atoms in total. The Morgan fingerprint density at radius 2 is 0.519 bits per heavy atom. The Balaban J connectivity index is 4.04. The summed E-state index contributed by atoms with van der Waals surface area (Å²) in [5.41, 5.74) is 0. The molecule has 0 amide bonds. The molecule has 0 aromatic rings. The first-order valence-electron chi connectivity index (χ1n) is 42.2. The Hall–Kier alpha value is -5.15. The molecule has 0 saturated heterocycles. The Labute approximate surface area is 641 Å². The van der Waals surface area contributed by atoms with E-state index in [-0.39, 0.29) is 32.0 Å². The molecule has 0 fully saturated rings. The summed E-state index contributed by atoms with van der Waals surface area (Å²) in [6.45, 7) is 4.19. The summed E-state index contributed by atoms with van der Waals surface area (Å²) in [5, 5.41) is 0. The van der Waals surface area contributed by atoms with E-state index in [0.717, 1.165) is 148 Å². The molecule has 0 rings (SSSR count). The number of rotatable bonds is 76. The van der Waals surface area contributed by atoms with Crippen LogP contribution in [0.3, 0.4) is 0 Å². The van der Waals surface area contributed by atoms with Crippen molar-refractivity contribution in [2.45, 2.75) is 341 Å². The van der Waals surface area contributed by atoms with Crippen LogP contribution in [0.4, 0.5) is 0 Å². The molecule has 2 unspecified atom stereocenters. The Morgan fingerprint density at radius 3 is 0.769 bits per heavy atom. The van der Waals surface area contributed by atoms with Crippen LogP contribution in [-0.4, -0.2) is 74.9 Å². The second kappa shape index (κ2) is 81.9. The molecule has 0 spiro atoms. The van der Waals surface area contributed by atoms with E-state index in [1.54, 1.807) is 0 Å². The molecule has 2 atom stereocenters. The number of esters is 2. The van der Waals surface area contributed by atoms with Gasteiger partial charge in [0, 0.05) is 12.8 Å². The molecular weight excluding hydrogens is 1300 g/mol. The zero-order valence-corrected chi connectivity index (χ0v) is 68.3. The van der Waals surface area contributed by atoms with Crippen LogP contribution in [0, 0.1) is 0 Å². The van der Waals surface area contributed by atoms with Crippen LogP contribution in [0.25, 0.3) is 0 Å². The first-order chi connectivity index (χ1) is 51.0. The van der Waals surface area contributed by atoms with Crippen LogP contribution >= 0.6 is 7.82 Å². The van der Waals surface area contributed by atoms with Gasteiger partial charge in [0.25, 0.3) is 0 Å². The number of unbranched alkanes of at least 4 members (excludes halogenated alkanes) is 30. The first kappa shape index (κ1) is 98.8. The van der Waals surface area contributed by atoms with Crippen LogP contribution in [0.2, 0.25) is 0 Å². The van der Waals surface area contributed by atoms with E-state index in [4.69, 9.17) is 18.5 Å². The van der Waals surface area contributed by atoms with Gasteiger partial charge < -0.3 is 18.9 Å². The molecule has 0 aliphatic rings. The van der Waals surface area contributed by atoms with E-state index in [2.05, 4.69) is 208 Å². The molecule has 1 N–H and O–H groups in total. The number of carbonyl (C=O) groups excluding carboxylic acids is 2. The number of phosphoric ester groups is 1. The van der Waals surface area contributed by atoms with Gasteiger partial charge in [0.1, 0.15) is 19.8 Å². The number of carbonyl (C=O) groups is 2. The molecule has 10 heteroatoms. The number of hydrogen-bond acceptors (Lipinski definition) is 7. The lowest BCUT2D eigenvalue weighted by molar-refractivity contribution is -0.870. The van der Waals surface area contributed by atoms with Crippen molar-refractivity contribution in [1.29, 1.82) is 0 Å². The van der Waals surface area contributed by atoms with Gasteiger partial charge in [-0.3, -0.25) is 18.6 Å². The summed E-state index contributed by atoms with van der Waals surface area (Å²) in [6.07, 6.45) is 127. The molecule has 0 bridgehead atoms. The van der Waals surface area contributed by atoms with Gasteiger partial charge in [-0.15, -0.1) is 0 Å². The average Bonchev–Trinajstić information content (AvgIpc) is 0.920. The second-order valence-corrected chi connectivity index (χ2v) is 30.2. The largest absolute Gasteiger partial charge is 0.472 e. The summed E-state index contributed by atoms with van der Waals surface area (Å²) in [4.78, 5) is 36.0. The summed E-state index contributed by atoms with van der Waals surface area (Å²) < 4.78 is 34.8. The zero-order valence-electron chi connectivity index (χ0n) is 67.4. The molecule has 0 aromatic heterocycles. The van der Waals surface area contributed by atoms with Gasteiger partial charge in [-0.2, -0.15) is 0 Å². The van der Waals surface area contributed by atoms with Gasteiger partial charge >= 0.3 is 19.8 Å². The van der Waals surface area contributed by atoms with Crippen LogP contribution in [0.1, 0.15) is 335 Å². The fraction of sp³-hybridized carbons (Fsp3) is 0.638. The lowest BCUT2D eigenvalue weighted by Gasteiger charge is -2.24. The lowest BCUT2D eigenvalue weighted by atomic mass is 10.0. The predicted molar refractivity (Wildman–Crippen MR) is 454 cm³/mol. The highest BCUT2D eigenvalue weighted by atomic mass is 31.2. The average molecular weight is 1460 g/mol. The minimum Gasteiger partial charge on any atom is -0.462 e. The van der Waals surface area contributed by atoms with E-state index >= 15 is 0 Å². The first-order valence-corrected chi connectivity index (χ1v) is 43.7. The van der Waals surface area contributed by atoms with E-state index in [1.807, 2.05) is 21.1 Å². The number of nitrogens with zero attached hydrogens (tertiary/aromatic N) is 1. The molecule has 0 saturated carbocycles. The number of hydrogen-bond donors (Lipinski definition) is 1. The number of likely N-dealkylation sites (N-methyl/N-ethyl adjacent to an activating group) is 1. The number of ether oxygens (including phenoxy) is 2. The van der Waals surface area contributed by atoms with Crippen molar-refractivity contribution >= 4 is 19.8 Å². The summed E-state index contributed by atoms with van der Waals surface area (Å²) in [6, 6.07) is 0. The second-order valence-electron chi connectivity index (χ2n) is 28.7. The zero-order chi connectivity index (χ0) is 75.4. The van der Waals surface area contributed by atoms with Crippen molar-refractivity contribution in [3.8, 4) is 0 Å². The van der Waals surface area contributed by atoms with Crippen LogP contribution in [0.15, 0.2) is 194 Å². The maximum Gasteiger partial charge on any atom is 0.472 e. The van der Waals surface area contributed by atoms with Gasteiger partial charge in [0.15, 0.2) is 6.10 Å². The highest BCUT2D eigenvalue weighted by Gasteiger charge is 2.27. The van der Waals surface area contributed by atoms with Crippen molar-refractivity contribution in [3.63, 3.8) is 0 Å². The van der Waals surface area contributed by atoms with E-state index in [9.17, 15) is 19.0 Å². The van der Waals surface area contributed by atoms with Gasteiger partial charge in [0.2, 0.25) is 0 Å². The topological polar surface area (TPSA) is 108 Å². The molecular formula is C94H157NO8P+. The number of allylic oxidation sites excluding steroid dienone is 32. The quantitative estimate of drug-likeness (QED) is 0.0211. The Kier molecular flexibility index (Phi) is 77.9. The molecule has 0 aliphatic heterocycles. The van der Waals surface area contributed by atoms with Crippen LogP contribution in [0.5, 0.6) is 0 Å². The fourth-order valence-corrected chi connectivity index (χ4v) is 12.0. The summed E-state index contributed by atoms with van der Waals surface area (Å²) in [7, 11) is 1.45. The van der Waals surface area contributed by atoms with Crippen molar-refractivity contribution in [1.82, 2.24) is 0 Å². The number of quaternary nitrogens is 1. The molecule has 104 heavy (non-hydrogen) atoms. The van der Waals surface area contributed by atoms with Gasteiger partial charge in [-0.25, -0.2) is 4.57 Å². The number of phosphoric acid groups is 1. The minimum atomic E-state index is -4.42. The monoisotopic (exact) mass is 1460 g/mol. The van der Waals surface area contributed by atoms with Gasteiger partial charge in [0.05, 0.1) is 27.7 Å². The van der Waals surface area contributed by atoms with Crippen molar-refractivity contribution < 1.29 is 42.1 Å². The maximum absolute atomic E-state index is 12.9. The van der Waals surface area contributed by atoms with E-state index in [1.165, 1.54) is 154 Å². The Morgan fingerprint density at radius 1 is 0.298 bits per heavy atom. The SMILES string of the molecule is CC/C=C\C/C=C\C/C=C\C/C=C\C/C=C\C/C=C\C/C=C\C/C=C\C/C=C\C/C=C\C/C=C\C/C=C\CCCCCCC(=O)OC(COC(=O)CCCCCCCCCCCCCCCCCCCCCCCCCCCC/C=C\C/C=C\C/C=C\C/C=C\CC)COP(=O)(O)OCC[N+](C)(C)C. The van der Waals surface area contributed by atoms with E-state index in [0.29, 0.717) is 17.4 Å². The highest BCUT2D eigenvalue weighted by Crippen LogP contribution is 2.43. The molecule has 0 aromatic carbocycles. The van der Waals surface area contributed by atoms with Crippen LogP contribution in [-0.2, 0) is 32.7 Å². The third kappa shape index (κ3) is 85.8. The van der Waals surface area contributed by atoms with Crippen molar-refractivity contribution in [3.05, 3.63) is 194 Å². The maximum atomic E-state index is 12.9. The highest BCUT2D eigenvalue weighted by molar-refractivity contribution is 7.47. The van der Waals surface area contributed by atoms with Crippen molar-refractivity contribution in [2.24, 2.45) is 0 Å². The third-order valence-electron chi connectivity index (χ3n) is 17.6. The van der Waals surface area contributed by atoms with Gasteiger partial charge in [-0.1, -0.05) is 375 Å². The van der Waals surface area contributed by atoms with Crippen molar-refractivity contribution in [2.75, 3.05) is 47.5 Å². The molecule has 590 valence electrons. The summed E-state index contributed by atoms with van der Waals surface area (Å²) in [5.74, 6) is -0.827. The smallest absolute Gasteiger partial charge is 0.462 e. The summed E-state index contributed by atoms with van der Waals surface area (Å²) >= 11 is 0. The van der Waals surface area contributed by atoms with E-state index < -0.39 is 26.5 Å². The molecule has 0 heterocycles. The molecule has 0 aliphatic carbocycles. The normalized spacial score (nSPS) is 14.0. The standard InChI is InChI=1S/C94H156NO8P/c1-6-8-10-12-14-16-18-20-22-24-26-28-30-32-34-36-38-40-42-44-46-47-49-51-53-55-57-59-61-63-65-67-69-71-73-75-77-79-81-83-85-87-94(97)103-92(91-102-104(98,99)101-89-88-95(3,4)5)90-100-93(96)86-84-82-80-78-76-74-72-70-68-66-64-62-60-58-56-54-52-50-48-45-43-41-39-37-35-33-31-29-27-25-23-21-19-17-15-13-11-9-7-2/h8-11,14-17,20-23,26-29,32,34,38,40,44,46,49,51,55,57,61,63,67,69,73,75,92H,6-7,12-13,18-19,24-25,30-31,33,35-37,39,41-43,45,47-48,50,52-54,56,58-60,62,64-66,68,70-72,74,76-91H2,1-5H3/p+1/b10-8-,11-9-,16-14-,17-15-,22-20-,23-21-,28-26-,29-27-,34-32-,40-38-,46-44-,51-49-,57-55-,63-61-,69-67-,75-73-. The van der Waals surface area contributed by atoms with Crippen LogP contribution < -0.4 is 0 Å². The third-order valence-corrected chi connectivity index (χ3v) is 18.6. The Bertz CT molecular complexity index is 2470.